The van der Waals surface area contributed by atoms with Gasteiger partial charge in [0.2, 0.25) is 0 Å². The fourth-order valence-corrected chi connectivity index (χ4v) is 3.51. The minimum absolute atomic E-state index is 0.0246. The third kappa shape index (κ3) is 5.41. The van der Waals surface area contributed by atoms with Gasteiger partial charge in [0.1, 0.15) is 12.5 Å². The number of hydrogen-bond donors (Lipinski definition) is 1. The van der Waals surface area contributed by atoms with E-state index in [0.717, 1.165) is 9.88 Å². The van der Waals surface area contributed by atoms with E-state index in [1.807, 2.05) is 13.8 Å². The number of aliphatic hydroxyl groups excluding tert-OH is 1. The molecule has 0 saturated heterocycles. The van der Waals surface area contributed by atoms with Crippen LogP contribution in [0.1, 0.15) is 32.1 Å². The first-order valence-electron chi connectivity index (χ1n) is 8.14. The quantitative estimate of drug-likeness (QED) is 0.373. The van der Waals surface area contributed by atoms with E-state index >= 15 is 0 Å². The Morgan fingerprint density at radius 2 is 1.92 bits per heavy atom. The number of methoxy groups -OCH3 is 1. The monoisotopic (exact) mass is 388 g/mol. The number of aryl methyl sites for hydroxylation is 1. The van der Waals surface area contributed by atoms with Crippen LogP contribution in [0.15, 0.2) is 26.7 Å². The highest BCUT2D eigenvalue weighted by molar-refractivity contribution is 7.96. The van der Waals surface area contributed by atoms with E-state index in [9.17, 15) is 13.5 Å². The molecule has 0 radical (unpaired) electrons. The van der Waals surface area contributed by atoms with Crippen molar-refractivity contribution in [3.05, 3.63) is 33.5 Å². The van der Waals surface area contributed by atoms with Crippen LogP contribution in [0.3, 0.4) is 0 Å². The van der Waals surface area contributed by atoms with Gasteiger partial charge in [-0.1, -0.05) is 16.8 Å². The SMILES string of the molecule is COCCOCN(c1noc(C)c1C)S(=O)(=O)/C(C)=C(/C=C(C)C)CO. The number of aliphatic hydroxyl groups is 1. The molecule has 0 unspecified atom stereocenters. The van der Waals surface area contributed by atoms with Gasteiger partial charge in [-0.05, 0) is 40.2 Å². The predicted molar refractivity (Wildman–Crippen MR) is 99.3 cm³/mol. The van der Waals surface area contributed by atoms with Crippen molar-refractivity contribution in [1.82, 2.24) is 5.16 Å². The minimum atomic E-state index is -3.99. The molecule has 0 spiro atoms. The van der Waals surface area contributed by atoms with Gasteiger partial charge in [0.05, 0.1) is 24.7 Å². The smallest absolute Gasteiger partial charge is 0.263 e. The van der Waals surface area contributed by atoms with Crippen molar-refractivity contribution in [1.29, 1.82) is 0 Å². The standard InChI is InChI=1S/C17H28N2O6S/c1-12(2)9-16(10-20)15(5)26(21,22)19(11-24-8-7-23-6)17-13(3)14(4)25-18-17/h9,20H,7-8,10-11H2,1-6H3/b16-15-. The van der Waals surface area contributed by atoms with Crippen LogP contribution in [-0.4, -0.2) is 52.3 Å². The highest BCUT2D eigenvalue weighted by atomic mass is 32.2. The second-order valence-electron chi connectivity index (χ2n) is 6.03. The second-order valence-corrected chi connectivity index (χ2v) is 8.04. The van der Waals surface area contributed by atoms with E-state index in [2.05, 4.69) is 5.16 Å². The summed E-state index contributed by atoms with van der Waals surface area (Å²) in [5, 5.41) is 13.5. The van der Waals surface area contributed by atoms with E-state index in [-0.39, 0.29) is 24.1 Å². The van der Waals surface area contributed by atoms with Crippen LogP contribution in [0.4, 0.5) is 5.82 Å². The summed E-state index contributed by atoms with van der Waals surface area (Å²) >= 11 is 0. The summed E-state index contributed by atoms with van der Waals surface area (Å²) in [4.78, 5) is 0.0246. The largest absolute Gasteiger partial charge is 0.392 e. The number of allylic oxidation sites excluding steroid dienone is 2. The summed E-state index contributed by atoms with van der Waals surface area (Å²) in [6.07, 6.45) is 1.64. The highest BCUT2D eigenvalue weighted by Gasteiger charge is 2.30. The van der Waals surface area contributed by atoms with Gasteiger partial charge in [-0.25, -0.2) is 12.7 Å². The third-order valence-corrected chi connectivity index (χ3v) is 5.67. The maximum Gasteiger partial charge on any atom is 0.263 e. The number of rotatable bonds is 10. The molecule has 0 aliphatic carbocycles. The van der Waals surface area contributed by atoms with Crippen molar-refractivity contribution in [3.63, 3.8) is 0 Å². The zero-order valence-corrected chi connectivity index (χ0v) is 17.0. The predicted octanol–water partition coefficient (Wildman–Crippen LogP) is 2.28. The first-order chi connectivity index (χ1) is 12.2. The van der Waals surface area contributed by atoms with Gasteiger partial charge < -0.3 is 19.1 Å². The van der Waals surface area contributed by atoms with Crippen LogP contribution in [0.5, 0.6) is 0 Å². The van der Waals surface area contributed by atoms with E-state index in [4.69, 9.17) is 14.0 Å². The number of anilines is 1. The molecule has 26 heavy (non-hydrogen) atoms. The van der Waals surface area contributed by atoms with Gasteiger partial charge in [-0.2, -0.15) is 0 Å². The molecule has 1 aromatic rings. The van der Waals surface area contributed by atoms with E-state index < -0.39 is 16.6 Å². The highest BCUT2D eigenvalue weighted by Crippen LogP contribution is 2.28. The minimum Gasteiger partial charge on any atom is -0.392 e. The Bertz CT molecular complexity index is 760. The van der Waals surface area contributed by atoms with Gasteiger partial charge in [-0.3, -0.25) is 0 Å². The van der Waals surface area contributed by atoms with E-state index in [1.165, 1.54) is 14.0 Å². The zero-order chi connectivity index (χ0) is 19.9. The molecule has 0 aliphatic rings. The van der Waals surface area contributed by atoms with Crippen molar-refractivity contribution >= 4 is 15.8 Å². The van der Waals surface area contributed by atoms with Crippen LogP contribution in [0, 0.1) is 13.8 Å². The molecule has 1 aromatic heterocycles. The molecule has 1 N–H and O–H groups in total. The molecule has 0 fully saturated rings. The first-order valence-corrected chi connectivity index (χ1v) is 9.58. The van der Waals surface area contributed by atoms with Crippen molar-refractivity contribution in [2.45, 2.75) is 34.6 Å². The van der Waals surface area contributed by atoms with Gasteiger partial charge in [0.15, 0.2) is 5.82 Å². The molecule has 9 heteroatoms. The Hall–Kier alpha value is -1.68. The summed E-state index contributed by atoms with van der Waals surface area (Å²) in [6.45, 7) is 8.44. The van der Waals surface area contributed by atoms with Crippen molar-refractivity contribution in [2.75, 3.05) is 38.0 Å². The lowest BCUT2D eigenvalue weighted by molar-refractivity contribution is 0.0753. The van der Waals surface area contributed by atoms with Gasteiger partial charge in [-0.15, -0.1) is 0 Å². The fraction of sp³-hybridized carbons (Fsp3) is 0.588. The van der Waals surface area contributed by atoms with Crippen LogP contribution < -0.4 is 4.31 Å². The van der Waals surface area contributed by atoms with Gasteiger partial charge >= 0.3 is 0 Å². The topological polar surface area (TPSA) is 102 Å². The van der Waals surface area contributed by atoms with Gasteiger partial charge in [0.25, 0.3) is 10.0 Å². The average Bonchev–Trinajstić information content (AvgIpc) is 2.91. The van der Waals surface area contributed by atoms with Crippen LogP contribution in [0.2, 0.25) is 0 Å². The second kappa shape index (κ2) is 9.86. The molecule has 0 aromatic carbocycles. The maximum atomic E-state index is 13.2. The Morgan fingerprint density at radius 3 is 2.38 bits per heavy atom. The zero-order valence-electron chi connectivity index (χ0n) is 16.2. The Kier molecular flexibility index (Phi) is 8.48. The molecule has 1 rings (SSSR count). The molecule has 0 atom stereocenters. The van der Waals surface area contributed by atoms with E-state index in [1.54, 1.807) is 19.9 Å². The summed E-state index contributed by atoms with van der Waals surface area (Å²) in [5.74, 6) is 0.680. The van der Waals surface area contributed by atoms with E-state index in [0.29, 0.717) is 23.5 Å². The Balaban J connectivity index is 3.37. The first kappa shape index (κ1) is 22.4. The molecule has 0 aliphatic heterocycles. The molecule has 148 valence electrons. The van der Waals surface area contributed by atoms with Crippen molar-refractivity contribution in [2.24, 2.45) is 0 Å². The summed E-state index contributed by atoms with van der Waals surface area (Å²) in [7, 11) is -2.46. The van der Waals surface area contributed by atoms with Crippen molar-refractivity contribution in [3.8, 4) is 0 Å². The molecular formula is C17H28N2O6S. The fourth-order valence-electron chi connectivity index (χ4n) is 2.11. The molecule has 0 saturated carbocycles. The number of hydrogen-bond acceptors (Lipinski definition) is 7. The van der Waals surface area contributed by atoms with Crippen LogP contribution in [0.25, 0.3) is 0 Å². The summed E-state index contributed by atoms with van der Waals surface area (Å²) in [6, 6.07) is 0. The molecule has 0 bridgehead atoms. The van der Waals surface area contributed by atoms with Gasteiger partial charge in [0, 0.05) is 12.7 Å². The lowest BCUT2D eigenvalue weighted by Crippen LogP contribution is -2.35. The lowest BCUT2D eigenvalue weighted by atomic mass is 10.2. The van der Waals surface area contributed by atoms with Crippen LogP contribution in [-0.2, 0) is 19.5 Å². The number of ether oxygens (including phenoxy) is 2. The van der Waals surface area contributed by atoms with Crippen LogP contribution >= 0.6 is 0 Å². The number of nitrogens with zero attached hydrogens (tertiary/aromatic N) is 2. The summed E-state index contributed by atoms with van der Waals surface area (Å²) in [5.41, 5.74) is 1.79. The summed E-state index contributed by atoms with van der Waals surface area (Å²) < 4.78 is 42.8. The Labute approximate surface area is 155 Å². The molecule has 0 amide bonds. The maximum absolute atomic E-state index is 13.2. The number of sulfonamides is 1. The number of aromatic nitrogens is 1. The normalized spacial score (nSPS) is 12.7. The average molecular weight is 388 g/mol. The molecule has 8 nitrogen and oxygen atoms in total. The molecular weight excluding hydrogens is 360 g/mol. The Morgan fingerprint density at radius 1 is 1.27 bits per heavy atom. The molecule has 1 heterocycles. The third-order valence-electron chi connectivity index (χ3n) is 3.77. The van der Waals surface area contributed by atoms with Crippen molar-refractivity contribution < 1.29 is 27.5 Å². The lowest BCUT2D eigenvalue weighted by Gasteiger charge is -2.23.